The summed E-state index contributed by atoms with van der Waals surface area (Å²) in [6, 6.07) is 11.7. The first-order chi connectivity index (χ1) is 13.5. The van der Waals surface area contributed by atoms with E-state index in [1.54, 1.807) is 0 Å². The van der Waals surface area contributed by atoms with Crippen LogP contribution in [0.5, 0.6) is 5.88 Å². The molecular formula is C20H23N5O3. The van der Waals surface area contributed by atoms with Crippen molar-refractivity contribution in [3.63, 3.8) is 0 Å². The Morgan fingerprint density at radius 2 is 2.14 bits per heavy atom. The van der Waals surface area contributed by atoms with Crippen LogP contribution in [0.2, 0.25) is 0 Å². The van der Waals surface area contributed by atoms with E-state index in [1.807, 2.05) is 55.2 Å². The van der Waals surface area contributed by atoms with E-state index in [9.17, 15) is 9.90 Å². The lowest BCUT2D eigenvalue weighted by Gasteiger charge is -2.38. The van der Waals surface area contributed by atoms with Gasteiger partial charge in [-0.3, -0.25) is 4.68 Å². The summed E-state index contributed by atoms with van der Waals surface area (Å²) < 4.78 is 7.75. The van der Waals surface area contributed by atoms with E-state index in [0.717, 1.165) is 22.3 Å². The van der Waals surface area contributed by atoms with Crippen molar-refractivity contribution in [3.8, 4) is 5.88 Å². The van der Waals surface area contributed by atoms with Crippen LogP contribution in [0.1, 0.15) is 12.5 Å². The third-order valence-corrected chi connectivity index (χ3v) is 5.11. The predicted octanol–water partition coefficient (Wildman–Crippen LogP) is 2.74. The molecule has 0 bridgehead atoms. The molecule has 1 N–H and O–H groups in total. The van der Waals surface area contributed by atoms with Gasteiger partial charge >= 0.3 is 6.09 Å². The number of piperazine rings is 1. The van der Waals surface area contributed by atoms with Crippen molar-refractivity contribution in [2.24, 2.45) is 7.05 Å². The van der Waals surface area contributed by atoms with Gasteiger partial charge in [-0.05, 0) is 24.6 Å². The van der Waals surface area contributed by atoms with Gasteiger partial charge in [0.15, 0.2) is 0 Å². The van der Waals surface area contributed by atoms with Crippen LogP contribution in [0.15, 0.2) is 42.6 Å². The zero-order valence-corrected chi connectivity index (χ0v) is 15.9. The third kappa shape index (κ3) is 3.58. The maximum atomic E-state index is 11.2. The molecule has 1 saturated heterocycles. The molecule has 1 amide bonds. The molecule has 2 aromatic heterocycles. The number of carboxylic acid groups (broad SMARTS) is 1. The molecule has 0 spiro atoms. The molecule has 1 atom stereocenters. The SMILES string of the molecule is C[C@H]1CN(c2cccc(OCc3ccc4cnn(C)c4c3)n2)CCN1C(=O)O. The van der Waals surface area contributed by atoms with Crippen molar-refractivity contribution < 1.29 is 14.6 Å². The molecule has 4 rings (SSSR count). The summed E-state index contributed by atoms with van der Waals surface area (Å²) in [5.41, 5.74) is 2.11. The van der Waals surface area contributed by atoms with Crippen molar-refractivity contribution in [2.75, 3.05) is 24.5 Å². The Labute approximate surface area is 162 Å². The molecule has 8 nitrogen and oxygen atoms in total. The van der Waals surface area contributed by atoms with Crippen LogP contribution in [0.3, 0.4) is 0 Å². The summed E-state index contributed by atoms with van der Waals surface area (Å²) >= 11 is 0. The second-order valence-electron chi connectivity index (χ2n) is 7.06. The summed E-state index contributed by atoms with van der Waals surface area (Å²) in [7, 11) is 1.92. The van der Waals surface area contributed by atoms with E-state index in [1.165, 1.54) is 4.90 Å². The maximum absolute atomic E-state index is 11.2. The molecule has 146 valence electrons. The smallest absolute Gasteiger partial charge is 0.407 e. The molecule has 0 radical (unpaired) electrons. The second kappa shape index (κ2) is 7.38. The number of fused-ring (bicyclic) bond motifs is 1. The minimum atomic E-state index is -0.873. The van der Waals surface area contributed by atoms with Gasteiger partial charge in [0.25, 0.3) is 0 Å². The molecule has 0 aliphatic carbocycles. The van der Waals surface area contributed by atoms with E-state index in [2.05, 4.69) is 21.0 Å². The Bertz CT molecular complexity index is 1000. The number of aromatic nitrogens is 3. The number of anilines is 1. The van der Waals surface area contributed by atoms with Crippen LogP contribution in [0.25, 0.3) is 10.9 Å². The number of pyridine rings is 1. The molecule has 3 heterocycles. The normalized spacial score (nSPS) is 17.1. The van der Waals surface area contributed by atoms with Crippen molar-refractivity contribution in [3.05, 3.63) is 48.2 Å². The first-order valence-electron chi connectivity index (χ1n) is 9.26. The summed E-state index contributed by atoms with van der Waals surface area (Å²) in [6.45, 7) is 4.02. The molecule has 3 aromatic rings. The first-order valence-corrected chi connectivity index (χ1v) is 9.26. The molecular weight excluding hydrogens is 358 g/mol. The van der Waals surface area contributed by atoms with Crippen LogP contribution in [-0.2, 0) is 13.7 Å². The number of carbonyl (C=O) groups is 1. The van der Waals surface area contributed by atoms with Gasteiger partial charge < -0.3 is 19.6 Å². The highest BCUT2D eigenvalue weighted by Gasteiger charge is 2.27. The van der Waals surface area contributed by atoms with Gasteiger partial charge in [-0.15, -0.1) is 0 Å². The monoisotopic (exact) mass is 381 g/mol. The second-order valence-corrected chi connectivity index (χ2v) is 7.06. The van der Waals surface area contributed by atoms with Crippen molar-refractivity contribution in [1.82, 2.24) is 19.7 Å². The Hall–Kier alpha value is -3.29. The van der Waals surface area contributed by atoms with E-state index >= 15 is 0 Å². The van der Waals surface area contributed by atoms with E-state index < -0.39 is 6.09 Å². The standard InChI is InChI=1S/C20H23N5O3/c1-14-12-24(8-9-25(14)20(26)27)18-4-3-5-19(22-18)28-13-15-6-7-16-11-21-23(2)17(16)10-15/h3-7,10-11,14H,8-9,12-13H2,1-2H3,(H,26,27)/t14-/m0/s1. The largest absolute Gasteiger partial charge is 0.473 e. The van der Waals surface area contributed by atoms with Gasteiger partial charge in [0.1, 0.15) is 12.4 Å². The van der Waals surface area contributed by atoms with Crippen LogP contribution < -0.4 is 9.64 Å². The van der Waals surface area contributed by atoms with Crippen LogP contribution >= 0.6 is 0 Å². The zero-order chi connectivity index (χ0) is 19.7. The maximum Gasteiger partial charge on any atom is 0.407 e. The van der Waals surface area contributed by atoms with Crippen molar-refractivity contribution >= 4 is 22.8 Å². The van der Waals surface area contributed by atoms with Gasteiger partial charge in [0.05, 0.1) is 11.7 Å². The quantitative estimate of drug-likeness (QED) is 0.748. The lowest BCUT2D eigenvalue weighted by atomic mass is 10.2. The molecule has 1 fully saturated rings. The topological polar surface area (TPSA) is 83.7 Å². The Morgan fingerprint density at radius 3 is 2.93 bits per heavy atom. The molecule has 1 aliphatic rings. The van der Waals surface area contributed by atoms with Crippen molar-refractivity contribution in [2.45, 2.75) is 19.6 Å². The number of hydrogen-bond acceptors (Lipinski definition) is 5. The Morgan fingerprint density at radius 1 is 1.29 bits per heavy atom. The highest BCUT2D eigenvalue weighted by atomic mass is 16.5. The number of aryl methyl sites for hydroxylation is 1. The Kier molecular flexibility index (Phi) is 4.77. The molecule has 1 aromatic carbocycles. The van der Waals surface area contributed by atoms with E-state index in [-0.39, 0.29) is 6.04 Å². The average molecular weight is 381 g/mol. The molecule has 8 heteroatoms. The fraction of sp³-hybridized carbons (Fsp3) is 0.350. The Balaban J connectivity index is 1.43. The third-order valence-electron chi connectivity index (χ3n) is 5.11. The average Bonchev–Trinajstić information content (AvgIpc) is 3.06. The molecule has 28 heavy (non-hydrogen) atoms. The number of rotatable bonds is 4. The number of amides is 1. The zero-order valence-electron chi connectivity index (χ0n) is 15.9. The number of hydrogen-bond donors (Lipinski definition) is 1. The summed E-state index contributed by atoms with van der Waals surface area (Å²) in [5.74, 6) is 1.35. The van der Waals surface area contributed by atoms with Gasteiger partial charge in [-0.25, -0.2) is 4.79 Å². The van der Waals surface area contributed by atoms with Crippen molar-refractivity contribution in [1.29, 1.82) is 0 Å². The summed E-state index contributed by atoms with van der Waals surface area (Å²) in [5, 5.41) is 14.6. The number of ether oxygens (including phenoxy) is 1. The highest BCUT2D eigenvalue weighted by molar-refractivity contribution is 5.79. The number of benzene rings is 1. The molecule has 0 unspecified atom stereocenters. The lowest BCUT2D eigenvalue weighted by molar-refractivity contribution is 0.122. The van der Waals surface area contributed by atoms with Gasteiger partial charge in [0, 0.05) is 44.2 Å². The molecule has 0 saturated carbocycles. The number of nitrogens with zero attached hydrogens (tertiary/aromatic N) is 5. The fourth-order valence-corrected chi connectivity index (χ4v) is 3.55. The summed E-state index contributed by atoms with van der Waals surface area (Å²) in [4.78, 5) is 19.4. The predicted molar refractivity (Wildman–Crippen MR) is 106 cm³/mol. The highest BCUT2D eigenvalue weighted by Crippen LogP contribution is 2.21. The van der Waals surface area contributed by atoms with Crippen LogP contribution in [0, 0.1) is 0 Å². The van der Waals surface area contributed by atoms with Crippen LogP contribution in [0.4, 0.5) is 10.6 Å². The van der Waals surface area contributed by atoms with Gasteiger partial charge in [-0.1, -0.05) is 18.2 Å². The molecule has 1 aliphatic heterocycles. The van der Waals surface area contributed by atoms with E-state index in [0.29, 0.717) is 32.1 Å². The minimum absolute atomic E-state index is 0.0803. The minimum Gasteiger partial charge on any atom is -0.473 e. The van der Waals surface area contributed by atoms with Gasteiger partial charge in [-0.2, -0.15) is 10.1 Å². The lowest BCUT2D eigenvalue weighted by Crippen LogP contribution is -2.53. The summed E-state index contributed by atoms with van der Waals surface area (Å²) in [6.07, 6.45) is 0.971. The fourth-order valence-electron chi connectivity index (χ4n) is 3.55. The first kappa shape index (κ1) is 18.1. The van der Waals surface area contributed by atoms with E-state index in [4.69, 9.17) is 4.74 Å². The van der Waals surface area contributed by atoms with Crippen LogP contribution in [-0.4, -0.2) is 56.5 Å². The van der Waals surface area contributed by atoms with Gasteiger partial charge in [0.2, 0.25) is 5.88 Å².